The van der Waals surface area contributed by atoms with Crippen molar-refractivity contribution in [3.63, 3.8) is 0 Å². The molecule has 0 saturated carbocycles. The van der Waals surface area contributed by atoms with Crippen molar-refractivity contribution in [1.82, 2.24) is 30.0 Å². The van der Waals surface area contributed by atoms with Crippen LogP contribution in [0.15, 0.2) is 24.5 Å². The molecule has 2 aliphatic rings. The third kappa shape index (κ3) is 6.72. The molecule has 4 heterocycles. The van der Waals surface area contributed by atoms with Crippen LogP contribution in [0.25, 0.3) is 0 Å². The van der Waals surface area contributed by atoms with Gasteiger partial charge in [0.05, 0.1) is 6.04 Å². The summed E-state index contributed by atoms with van der Waals surface area (Å²) in [7, 11) is 0. The molecular weight excluding hydrogens is 474 g/mol. The van der Waals surface area contributed by atoms with Crippen molar-refractivity contribution in [2.45, 2.75) is 116 Å². The number of alkyl halides is 2. The summed E-state index contributed by atoms with van der Waals surface area (Å²) in [5, 5.41) is 12.0. The van der Waals surface area contributed by atoms with E-state index in [1.165, 1.54) is 12.8 Å². The Balaban J connectivity index is 1.41. The number of hydrogen-bond acceptors (Lipinski definition) is 5. The second-order valence-electron chi connectivity index (χ2n) is 11.5. The number of aryl methyl sites for hydroxylation is 1. The molecule has 0 radical (unpaired) electrons. The van der Waals surface area contributed by atoms with Crippen molar-refractivity contribution < 1.29 is 13.6 Å². The van der Waals surface area contributed by atoms with Gasteiger partial charge in [-0.2, -0.15) is 0 Å². The fraction of sp³-hybridized carbons (Fsp3) is 0.714. The Bertz CT molecular complexity index is 1020. The van der Waals surface area contributed by atoms with Crippen molar-refractivity contribution in [1.29, 1.82) is 0 Å². The normalized spacial score (nSPS) is 23.8. The van der Waals surface area contributed by atoms with Gasteiger partial charge >= 0.3 is 0 Å². The minimum atomic E-state index is -2.76. The van der Waals surface area contributed by atoms with E-state index in [-0.39, 0.29) is 24.8 Å². The van der Waals surface area contributed by atoms with E-state index in [0.717, 1.165) is 49.9 Å². The topological polar surface area (TPSA) is 75.9 Å². The Kier molecular flexibility index (Phi) is 8.61. The first-order chi connectivity index (χ1) is 17.5. The SMILES string of the molecule is Cc1nnc(C(C)C)n1C1CC2CCC(C1)N2CC[C@H](NC(=O)C(C)CCC(C)(F)F)c1cccnc1. The number of carbonyl (C=O) groups excluding carboxylic acids is 1. The highest BCUT2D eigenvalue weighted by molar-refractivity contribution is 5.78. The highest BCUT2D eigenvalue weighted by Crippen LogP contribution is 2.42. The Labute approximate surface area is 219 Å². The molecule has 2 aliphatic heterocycles. The molecule has 37 heavy (non-hydrogen) atoms. The molecule has 2 aromatic heterocycles. The van der Waals surface area contributed by atoms with Gasteiger partial charge in [0.15, 0.2) is 0 Å². The number of rotatable bonds is 11. The number of aromatic nitrogens is 4. The van der Waals surface area contributed by atoms with E-state index in [1.807, 2.05) is 12.1 Å². The van der Waals surface area contributed by atoms with Gasteiger partial charge in [0.1, 0.15) is 11.6 Å². The van der Waals surface area contributed by atoms with Gasteiger partial charge in [-0.3, -0.25) is 14.7 Å². The van der Waals surface area contributed by atoms with E-state index in [2.05, 4.69) is 50.7 Å². The number of fused-ring (bicyclic) bond motifs is 2. The van der Waals surface area contributed by atoms with Crippen molar-refractivity contribution in [2.24, 2.45) is 5.92 Å². The smallest absolute Gasteiger partial charge is 0.245 e. The molecule has 4 atom stereocenters. The lowest BCUT2D eigenvalue weighted by Gasteiger charge is -2.40. The summed E-state index contributed by atoms with van der Waals surface area (Å²) in [4.78, 5) is 19.8. The summed E-state index contributed by atoms with van der Waals surface area (Å²) in [5.41, 5.74) is 0.952. The first kappa shape index (κ1) is 27.6. The molecule has 2 fully saturated rings. The molecule has 2 aromatic rings. The summed E-state index contributed by atoms with van der Waals surface area (Å²) in [6.45, 7) is 9.90. The first-order valence-electron chi connectivity index (χ1n) is 13.8. The average Bonchev–Trinajstić information content (AvgIpc) is 3.35. The van der Waals surface area contributed by atoms with Gasteiger partial charge in [0.25, 0.3) is 0 Å². The Morgan fingerprint density at radius 3 is 2.43 bits per heavy atom. The van der Waals surface area contributed by atoms with Crippen molar-refractivity contribution >= 4 is 5.91 Å². The van der Waals surface area contributed by atoms with E-state index in [9.17, 15) is 13.6 Å². The van der Waals surface area contributed by atoms with Crippen molar-refractivity contribution in [2.75, 3.05) is 6.54 Å². The van der Waals surface area contributed by atoms with Crippen LogP contribution in [0.5, 0.6) is 0 Å². The minimum Gasteiger partial charge on any atom is -0.349 e. The number of carbonyl (C=O) groups is 1. The van der Waals surface area contributed by atoms with Crippen LogP contribution in [0.1, 0.15) is 108 Å². The van der Waals surface area contributed by atoms with Gasteiger partial charge in [-0.1, -0.05) is 26.8 Å². The van der Waals surface area contributed by atoms with Crippen LogP contribution >= 0.6 is 0 Å². The maximum Gasteiger partial charge on any atom is 0.245 e. The summed E-state index contributed by atoms with van der Waals surface area (Å²) in [6, 6.07) is 5.08. The van der Waals surface area contributed by atoms with E-state index < -0.39 is 11.8 Å². The lowest BCUT2D eigenvalue weighted by atomic mass is 9.95. The Hall–Kier alpha value is -2.42. The third-order valence-electron chi connectivity index (χ3n) is 8.18. The van der Waals surface area contributed by atoms with Gasteiger partial charge in [-0.05, 0) is 64.0 Å². The molecule has 0 spiro atoms. The monoisotopic (exact) mass is 516 g/mol. The van der Waals surface area contributed by atoms with Crippen LogP contribution < -0.4 is 5.32 Å². The number of nitrogens with zero attached hydrogens (tertiary/aromatic N) is 5. The van der Waals surface area contributed by atoms with Crippen LogP contribution in [0, 0.1) is 12.8 Å². The highest BCUT2D eigenvalue weighted by Gasteiger charge is 2.42. The lowest BCUT2D eigenvalue weighted by molar-refractivity contribution is -0.126. The van der Waals surface area contributed by atoms with E-state index in [1.54, 1.807) is 19.3 Å². The van der Waals surface area contributed by atoms with Crippen LogP contribution in [0.2, 0.25) is 0 Å². The largest absolute Gasteiger partial charge is 0.349 e. The molecule has 3 unspecified atom stereocenters. The molecule has 204 valence electrons. The summed E-state index contributed by atoms with van der Waals surface area (Å²) >= 11 is 0. The molecule has 1 amide bonds. The van der Waals surface area contributed by atoms with Gasteiger partial charge in [0.2, 0.25) is 11.8 Å². The van der Waals surface area contributed by atoms with E-state index >= 15 is 0 Å². The number of hydrogen-bond donors (Lipinski definition) is 1. The molecule has 0 aromatic carbocycles. The predicted molar refractivity (Wildman–Crippen MR) is 139 cm³/mol. The quantitative estimate of drug-likeness (QED) is 0.421. The molecule has 7 nitrogen and oxygen atoms in total. The second-order valence-corrected chi connectivity index (χ2v) is 11.5. The van der Waals surface area contributed by atoms with Crippen LogP contribution in [0.4, 0.5) is 8.78 Å². The molecule has 1 N–H and O–H groups in total. The summed E-state index contributed by atoms with van der Waals surface area (Å²) in [6.07, 6.45) is 8.68. The van der Waals surface area contributed by atoms with E-state index in [0.29, 0.717) is 24.0 Å². The predicted octanol–water partition coefficient (Wildman–Crippen LogP) is 5.59. The molecule has 4 rings (SSSR count). The standard InChI is InChI=1S/C28H42F2N6O/c1-18(2)26-34-33-20(4)36(26)24-15-22-8-9-23(16-24)35(22)14-11-25(21-7-6-13-31-17-21)32-27(37)19(3)10-12-28(5,29)30/h6-7,13,17-19,22-25H,8-12,14-16H2,1-5H3,(H,32,37)/t19?,22?,23?,24?,25-/m0/s1. The summed E-state index contributed by atoms with van der Waals surface area (Å²) in [5.74, 6) is -1.00. The van der Waals surface area contributed by atoms with Gasteiger partial charge in [-0.25, -0.2) is 8.78 Å². The third-order valence-corrected chi connectivity index (χ3v) is 8.18. The molecule has 2 bridgehead atoms. The maximum absolute atomic E-state index is 13.3. The zero-order chi connectivity index (χ0) is 26.7. The highest BCUT2D eigenvalue weighted by atomic mass is 19.3. The zero-order valence-electron chi connectivity index (χ0n) is 22.8. The first-order valence-corrected chi connectivity index (χ1v) is 13.8. The molecule has 2 saturated heterocycles. The molecule has 0 aliphatic carbocycles. The number of nitrogens with one attached hydrogen (secondary N) is 1. The average molecular weight is 517 g/mol. The Morgan fingerprint density at radius 1 is 1.14 bits per heavy atom. The van der Waals surface area contributed by atoms with Gasteiger partial charge < -0.3 is 9.88 Å². The van der Waals surface area contributed by atoms with Crippen LogP contribution in [-0.4, -0.2) is 55.1 Å². The molecular formula is C28H42F2N6O. The minimum absolute atomic E-state index is 0.160. The van der Waals surface area contributed by atoms with Gasteiger partial charge in [0, 0.05) is 55.3 Å². The fourth-order valence-electron chi connectivity index (χ4n) is 6.15. The summed E-state index contributed by atoms with van der Waals surface area (Å²) < 4.78 is 29.0. The second kappa shape index (κ2) is 11.5. The number of piperidine rings is 1. The zero-order valence-corrected chi connectivity index (χ0v) is 22.8. The van der Waals surface area contributed by atoms with Crippen molar-refractivity contribution in [3.8, 4) is 0 Å². The van der Waals surface area contributed by atoms with Crippen molar-refractivity contribution in [3.05, 3.63) is 41.7 Å². The molecule has 9 heteroatoms. The lowest BCUT2D eigenvalue weighted by Crippen LogP contribution is -2.45. The number of halogens is 2. The fourth-order valence-corrected chi connectivity index (χ4v) is 6.15. The number of pyridine rings is 1. The maximum atomic E-state index is 13.3. The Morgan fingerprint density at radius 2 is 1.84 bits per heavy atom. The number of amides is 1. The van der Waals surface area contributed by atoms with Gasteiger partial charge in [-0.15, -0.1) is 10.2 Å². The van der Waals surface area contributed by atoms with E-state index in [4.69, 9.17) is 0 Å². The van der Waals surface area contributed by atoms with Crippen LogP contribution in [-0.2, 0) is 4.79 Å². The van der Waals surface area contributed by atoms with Crippen LogP contribution in [0.3, 0.4) is 0 Å².